The van der Waals surface area contributed by atoms with Gasteiger partial charge in [-0.25, -0.2) is 0 Å². The second kappa shape index (κ2) is 46.7. The standard InChI is InChI=1S/C52H89NO3/c1-3-5-7-9-11-13-15-17-18-19-20-21-22-23-24-25-26-27-28-29-30-31-32-33-34-36-38-40-42-44-46-48-52(56)53-50(49-54)51(55)47-45-43-41-39-37-35-16-14-12-10-8-6-4-2/h5,7,11,13,17-18,20-21,23-24,26-27,29-30,32-33,50-51,54-55H,3-4,6,8-10,12,14-16,19,22,25,28,31,34-49H2,1-2H3,(H,53,56)/b7-5-,13-11-,18-17-,21-20-,24-23-,27-26-,30-29-,33-32-. The lowest BCUT2D eigenvalue weighted by Crippen LogP contribution is -2.45. The van der Waals surface area contributed by atoms with Crippen molar-refractivity contribution in [2.45, 2.75) is 219 Å². The van der Waals surface area contributed by atoms with E-state index >= 15 is 0 Å². The van der Waals surface area contributed by atoms with E-state index in [0.29, 0.717) is 12.8 Å². The maximum Gasteiger partial charge on any atom is 0.220 e. The van der Waals surface area contributed by atoms with Gasteiger partial charge in [0, 0.05) is 6.42 Å². The molecule has 4 heteroatoms. The van der Waals surface area contributed by atoms with Crippen molar-refractivity contribution in [1.82, 2.24) is 5.32 Å². The van der Waals surface area contributed by atoms with Gasteiger partial charge >= 0.3 is 0 Å². The van der Waals surface area contributed by atoms with Gasteiger partial charge in [-0.15, -0.1) is 0 Å². The van der Waals surface area contributed by atoms with Gasteiger partial charge in [-0.2, -0.15) is 0 Å². The Hall–Kier alpha value is -2.69. The summed E-state index contributed by atoms with van der Waals surface area (Å²) in [6.45, 7) is 4.22. The van der Waals surface area contributed by atoms with E-state index in [2.05, 4.69) is 116 Å². The summed E-state index contributed by atoms with van der Waals surface area (Å²) in [4.78, 5) is 12.4. The number of hydrogen-bond acceptors (Lipinski definition) is 3. The molecule has 0 aromatic rings. The van der Waals surface area contributed by atoms with E-state index in [1.54, 1.807) is 0 Å². The maximum atomic E-state index is 12.4. The summed E-state index contributed by atoms with van der Waals surface area (Å²) in [5.74, 6) is -0.0509. The van der Waals surface area contributed by atoms with Gasteiger partial charge in [0.05, 0.1) is 18.8 Å². The topological polar surface area (TPSA) is 69.6 Å². The molecule has 2 unspecified atom stereocenters. The average Bonchev–Trinajstić information content (AvgIpc) is 3.20. The van der Waals surface area contributed by atoms with Gasteiger partial charge in [0.25, 0.3) is 0 Å². The number of carbonyl (C=O) groups is 1. The van der Waals surface area contributed by atoms with Crippen LogP contribution in [0.5, 0.6) is 0 Å². The minimum atomic E-state index is -0.671. The van der Waals surface area contributed by atoms with Gasteiger partial charge < -0.3 is 15.5 Å². The van der Waals surface area contributed by atoms with Crippen LogP contribution in [-0.2, 0) is 4.79 Å². The number of nitrogens with one attached hydrogen (secondary N) is 1. The van der Waals surface area contributed by atoms with Crippen molar-refractivity contribution in [3.05, 3.63) is 97.2 Å². The minimum Gasteiger partial charge on any atom is -0.394 e. The van der Waals surface area contributed by atoms with Crippen LogP contribution in [0.1, 0.15) is 206 Å². The molecule has 0 aromatic carbocycles. The molecule has 0 bridgehead atoms. The zero-order valence-corrected chi connectivity index (χ0v) is 36.6. The second-order valence-corrected chi connectivity index (χ2v) is 15.4. The Morgan fingerprint density at radius 3 is 1.18 bits per heavy atom. The zero-order valence-electron chi connectivity index (χ0n) is 36.6. The van der Waals surface area contributed by atoms with E-state index < -0.39 is 12.1 Å². The minimum absolute atomic E-state index is 0.0509. The second-order valence-electron chi connectivity index (χ2n) is 15.4. The van der Waals surface area contributed by atoms with Crippen LogP contribution < -0.4 is 5.32 Å². The number of unbranched alkanes of at least 4 members (excludes halogenated alkanes) is 18. The molecule has 0 spiro atoms. The highest BCUT2D eigenvalue weighted by Crippen LogP contribution is 2.15. The van der Waals surface area contributed by atoms with Crippen LogP contribution in [0.4, 0.5) is 0 Å². The lowest BCUT2D eigenvalue weighted by atomic mass is 10.0. The summed E-state index contributed by atoms with van der Waals surface area (Å²) in [5.41, 5.74) is 0. The third kappa shape index (κ3) is 42.5. The van der Waals surface area contributed by atoms with Crippen LogP contribution in [-0.4, -0.2) is 34.9 Å². The normalized spacial score (nSPS) is 13.9. The Balaban J connectivity index is 3.64. The van der Waals surface area contributed by atoms with Crippen molar-refractivity contribution in [3.8, 4) is 0 Å². The third-order valence-corrected chi connectivity index (χ3v) is 10.1. The molecule has 0 saturated heterocycles. The molecule has 0 aliphatic rings. The highest BCUT2D eigenvalue weighted by molar-refractivity contribution is 5.76. The van der Waals surface area contributed by atoms with Crippen LogP contribution in [0.3, 0.4) is 0 Å². The van der Waals surface area contributed by atoms with E-state index in [1.807, 2.05) is 0 Å². The van der Waals surface area contributed by atoms with Crippen molar-refractivity contribution >= 4 is 5.91 Å². The number of carbonyl (C=O) groups excluding carboxylic acids is 1. The number of amides is 1. The lowest BCUT2D eigenvalue weighted by Gasteiger charge is -2.22. The highest BCUT2D eigenvalue weighted by atomic mass is 16.3. The highest BCUT2D eigenvalue weighted by Gasteiger charge is 2.20. The Labute approximate surface area is 347 Å². The lowest BCUT2D eigenvalue weighted by molar-refractivity contribution is -0.123. The zero-order chi connectivity index (χ0) is 40.7. The molecule has 0 saturated carbocycles. The molecule has 0 aliphatic carbocycles. The SMILES string of the molecule is CC/C=C\C/C=C\C/C=C\C/C=C\C/C=C\C/C=C\C/C=C\C/C=C\CCCCCCCCC(=O)NC(CO)C(O)CCCCCCCCCCCCCCC. The van der Waals surface area contributed by atoms with Crippen molar-refractivity contribution in [1.29, 1.82) is 0 Å². The van der Waals surface area contributed by atoms with Crippen LogP contribution in [0.25, 0.3) is 0 Å². The monoisotopic (exact) mass is 776 g/mol. The van der Waals surface area contributed by atoms with Gasteiger partial charge in [-0.1, -0.05) is 220 Å². The quantitative estimate of drug-likeness (QED) is 0.0428. The first-order chi connectivity index (χ1) is 27.7. The summed E-state index contributed by atoms with van der Waals surface area (Å²) in [6, 6.07) is -0.550. The molecule has 4 nitrogen and oxygen atoms in total. The number of rotatable bonds is 41. The molecular formula is C52H89NO3. The smallest absolute Gasteiger partial charge is 0.220 e. The van der Waals surface area contributed by atoms with Crippen LogP contribution in [0, 0.1) is 0 Å². The molecular weight excluding hydrogens is 687 g/mol. The molecule has 0 radical (unpaired) electrons. The van der Waals surface area contributed by atoms with E-state index in [9.17, 15) is 15.0 Å². The summed E-state index contributed by atoms with van der Waals surface area (Å²) in [6.07, 6.45) is 69.1. The van der Waals surface area contributed by atoms with Gasteiger partial charge in [-0.05, 0) is 77.0 Å². The van der Waals surface area contributed by atoms with E-state index in [0.717, 1.165) is 89.9 Å². The van der Waals surface area contributed by atoms with Gasteiger partial charge in [-0.3, -0.25) is 4.79 Å². The number of allylic oxidation sites excluding steroid dienone is 16. The largest absolute Gasteiger partial charge is 0.394 e. The molecule has 0 heterocycles. The Kier molecular flexibility index (Phi) is 44.4. The summed E-state index contributed by atoms with van der Waals surface area (Å²) in [5, 5.41) is 23.2. The maximum absolute atomic E-state index is 12.4. The summed E-state index contributed by atoms with van der Waals surface area (Å²) in [7, 11) is 0. The number of aliphatic hydroxyl groups is 2. The molecule has 0 rings (SSSR count). The fourth-order valence-electron chi connectivity index (χ4n) is 6.55. The molecule has 0 aliphatic heterocycles. The fraction of sp³-hybridized carbons (Fsp3) is 0.673. The molecule has 320 valence electrons. The first kappa shape index (κ1) is 53.3. The Morgan fingerprint density at radius 2 is 0.786 bits per heavy atom. The van der Waals surface area contributed by atoms with E-state index in [1.165, 1.54) is 89.9 Å². The molecule has 0 fully saturated rings. The van der Waals surface area contributed by atoms with Crippen molar-refractivity contribution in [3.63, 3.8) is 0 Å². The molecule has 0 aromatic heterocycles. The molecule has 56 heavy (non-hydrogen) atoms. The van der Waals surface area contributed by atoms with Crippen molar-refractivity contribution in [2.24, 2.45) is 0 Å². The average molecular weight is 776 g/mol. The van der Waals surface area contributed by atoms with E-state index in [-0.39, 0.29) is 12.5 Å². The predicted molar refractivity (Wildman–Crippen MR) is 248 cm³/mol. The summed E-state index contributed by atoms with van der Waals surface area (Å²) >= 11 is 0. The number of aliphatic hydroxyl groups excluding tert-OH is 2. The first-order valence-corrected chi connectivity index (χ1v) is 23.4. The van der Waals surface area contributed by atoms with Crippen LogP contribution >= 0.6 is 0 Å². The van der Waals surface area contributed by atoms with Crippen LogP contribution in [0.2, 0.25) is 0 Å². The van der Waals surface area contributed by atoms with Crippen molar-refractivity contribution in [2.75, 3.05) is 6.61 Å². The van der Waals surface area contributed by atoms with Crippen LogP contribution in [0.15, 0.2) is 97.2 Å². The molecule has 2 atom stereocenters. The van der Waals surface area contributed by atoms with Gasteiger partial charge in [0.2, 0.25) is 5.91 Å². The van der Waals surface area contributed by atoms with Crippen molar-refractivity contribution < 1.29 is 15.0 Å². The van der Waals surface area contributed by atoms with E-state index in [4.69, 9.17) is 0 Å². The fourth-order valence-corrected chi connectivity index (χ4v) is 6.55. The Morgan fingerprint density at radius 1 is 0.446 bits per heavy atom. The predicted octanol–water partition coefficient (Wildman–Crippen LogP) is 15.0. The molecule has 1 amide bonds. The van der Waals surface area contributed by atoms with Gasteiger partial charge in [0.1, 0.15) is 0 Å². The van der Waals surface area contributed by atoms with Gasteiger partial charge in [0.15, 0.2) is 0 Å². The summed E-state index contributed by atoms with van der Waals surface area (Å²) < 4.78 is 0. The Bertz CT molecular complexity index is 1060. The first-order valence-electron chi connectivity index (χ1n) is 23.4. The number of hydrogen-bond donors (Lipinski definition) is 3. The molecule has 3 N–H and O–H groups in total. The third-order valence-electron chi connectivity index (χ3n) is 10.1.